The van der Waals surface area contributed by atoms with E-state index in [1.54, 1.807) is 0 Å². The molecule has 2 bridgehead atoms. The van der Waals surface area contributed by atoms with Gasteiger partial charge in [0.1, 0.15) is 0 Å². The fourth-order valence-electron chi connectivity index (χ4n) is 2.55. The Kier molecular flexibility index (Phi) is 1.35. The number of hydrogen-bond acceptors (Lipinski definition) is 2. The lowest BCUT2D eigenvalue weighted by atomic mass is 9.72. The van der Waals surface area contributed by atoms with Gasteiger partial charge < -0.3 is 0 Å². The van der Waals surface area contributed by atoms with Crippen molar-refractivity contribution in [3.63, 3.8) is 0 Å². The first-order valence-corrected chi connectivity index (χ1v) is 4.38. The van der Waals surface area contributed by atoms with Crippen molar-refractivity contribution >= 4 is 11.8 Å². The van der Waals surface area contributed by atoms with Crippen molar-refractivity contribution < 1.29 is 9.59 Å². The molecule has 2 atom stereocenters. The van der Waals surface area contributed by atoms with E-state index in [0.29, 0.717) is 0 Å². The van der Waals surface area contributed by atoms with Gasteiger partial charge in [0.15, 0.2) is 0 Å². The summed E-state index contributed by atoms with van der Waals surface area (Å²) >= 11 is 0. The van der Waals surface area contributed by atoms with Gasteiger partial charge >= 0.3 is 0 Å². The van der Waals surface area contributed by atoms with Crippen LogP contribution >= 0.6 is 0 Å². The maximum Gasteiger partial charge on any atom is 0.230 e. The van der Waals surface area contributed by atoms with Gasteiger partial charge in [-0.2, -0.15) is 0 Å². The normalized spacial score (nSPS) is 38.2. The van der Waals surface area contributed by atoms with Crippen molar-refractivity contribution in [1.82, 2.24) is 5.32 Å². The topological polar surface area (TPSA) is 46.2 Å². The van der Waals surface area contributed by atoms with Crippen LogP contribution in [-0.4, -0.2) is 11.8 Å². The van der Waals surface area contributed by atoms with Crippen molar-refractivity contribution in [2.75, 3.05) is 0 Å². The molecule has 0 spiro atoms. The van der Waals surface area contributed by atoms with Crippen molar-refractivity contribution in [2.24, 2.45) is 17.3 Å². The molecular formula is C9H13NO2. The molecule has 3 nitrogen and oxygen atoms in total. The van der Waals surface area contributed by atoms with Crippen molar-refractivity contribution in [1.29, 1.82) is 0 Å². The Bertz CT molecular complexity index is 233. The minimum atomic E-state index is -0.112. The third kappa shape index (κ3) is 0.765. The van der Waals surface area contributed by atoms with Gasteiger partial charge in [0.25, 0.3) is 0 Å². The van der Waals surface area contributed by atoms with Crippen LogP contribution in [0.2, 0.25) is 0 Å². The number of amides is 2. The highest BCUT2D eigenvalue weighted by atomic mass is 16.2. The molecule has 2 rings (SSSR count). The van der Waals surface area contributed by atoms with Gasteiger partial charge in [0.2, 0.25) is 11.8 Å². The average molecular weight is 167 g/mol. The van der Waals surface area contributed by atoms with Crippen LogP contribution < -0.4 is 5.32 Å². The van der Waals surface area contributed by atoms with Gasteiger partial charge in [-0.25, -0.2) is 0 Å². The zero-order valence-corrected chi connectivity index (χ0v) is 7.39. The van der Waals surface area contributed by atoms with Crippen LogP contribution in [0, 0.1) is 17.3 Å². The van der Waals surface area contributed by atoms with E-state index in [1.165, 1.54) is 0 Å². The minimum Gasteiger partial charge on any atom is -0.296 e. The molecule has 0 aromatic carbocycles. The Balaban J connectivity index is 2.40. The van der Waals surface area contributed by atoms with Gasteiger partial charge in [0, 0.05) is 11.8 Å². The van der Waals surface area contributed by atoms with Crippen LogP contribution in [-0.2, 0) is 9.59 Å². The molecule has 1 aliphatic heterocycles. The maximum absolute atomic E-state index is 11.3. The lowest BCUT2D eigenvalue weighted by Gasteiger charge is -2.35. The summed E-state index contributed by atoms with van der Waals surface area (Å²) in [5.41, 5.74) is -0.112. The zero-order chi connectivity index (χ0) is 8.93. The first-order valence-electron chi connectivity index (χ1n) is 4.38. The molecule has 2 fully saturated rings. The van der Waals surface area contributed by atoms with Gasteiger partial charge in [-0.15, -0.1) is 0 Å². The second-order valence-corrected chi connectivity index (χ2v) is 4.36. The van der Waals surface area contributed by atoms with Crippen molar-refractivity contribution in [3.8, 4) is 0 Å². The highest BCUT2D eigenvalue weighted by Gasteiger charge is 2.53. The van der Waals surface area contributed by atoms with Gasteiger partial charge in [-0.05, 0) is 18.3 Å². The first-order chi connectivity index (χ1) is 5.53. The number of piperidine rings is 1. The van der Waals surface area contributed by atoms with E-state index in [9.17, 15) is 9.59 Å². The molecule has 1 saturated heterocycles. The number of carbonyl (C=O) groups excluding carboxylic acids is 2. The Labute approximate surface area is 71.5 Å². The molecule has 0 aromatic rings. The summed E-state index contributed by atoms with van der Waals surface area (Å²) in [7, 11) is 0. The lowest BCUT2D eigenvalue weighted by Crippen LogP contribution is -2.51. The minimum absolute atomic E-state index is 0.0557. The highest BCUT2D eigenvalue weighted by Crippen LogP contribution is 2.49. The molecule has 2 unspecified atom stereocenters. The lowest BCUT2D eigenvalue weighted by molar-refractivity contribution is -0.143. The number of nitrogens with one attached hydrogen (secondary N) is 1. The summed E-state index contributed by atoms with van der Waals surface area (Å²) in [6.45, 7) is 4.04. The van der Waals surface area contributed by atoms with E-state index in [1.807, 2.05) is 13.8 Å². The molecular weight excluding hydrogens is 154 g/mol. The van der Waals surface area contributed by atoms with Crippen molar-refractivity contribution in [3.05, 3.63) is 0 Å². The largest absolute Gasteiger partial charge is 0.296 e. The smallest absolute Gasteiger partial charge is 0.230 e. The molecule has 3 heteroatoms. The molecule has 1 heterocycles. The first kappa shape index (κ1) is 7.77. The zero-order valence-electron chi connectivity index (χ0n) is 7.39. The molecule has 2 aliphatic rings. The monoisotopic (exact) mass is 167 g/mol. The SMILES string of the molecule is CC1(C)C2CCC1C(=O)NC2=O. The summed E-state index contributed by atoms with van der Waals surface area (Å²) in [4.78, 5) is 22.7. The summed E-state index contributed by atoms with van der Waals surface area (Å²) in [5, 5.41) is 2.42. The standard InChI is InChI=1S/C9H13NO2/c1-9(2)5-3-4-6(9)8(12)10-7(5)11/h5-6H,3-4H2,1-2H3,(H,10,11,12). The fourth-order valence-corrected chi connectivity index (χ4v) is 2.55. The summed E-state index contributed by atoms with van der Waals surface area (Å²) in [6, 6.07) is 0. The van der Waals surface area contributed by atoms with Crippen LogP contribution in [0.5, 0.6) is 0 Å². The third-order valence-corrected chi connectivity index (χ3v) is 3.42. The predicted octanol–water partition coefficient (Wildman–Crippen LogP) is 0.695. The molecule has 0 aromatic heterocycles. The van der Waals surface area contributed by atoms with E-state index in [-0.39, 0.29) is 29.1 Å². The average Bonchev–Trinajstić information content (AvgIpc) is 2.13. The number of hydrogen-bond donors (Lipinski definition) is 1. The molecule has 12 heavy (non-hydrogen) atoms. The van der Waals surface area contributed by atoms with Crippen LogP contribution in [0.3, 0.4) is 0 Å². The summed E-state index contributed by atoms with van der Waals surface area (Å²) < 4.78 is 0. The number of imide groups is 1. The molecule has 1 aliphatic carbocycles. The third-order valence-electron chi connectivity index (χ3n) is 3.42. The van der Waals surface area contributed by atoms with Crippen LogP contribution in [0.25, 0.3) is 0 Å². The Morgan fingerprint density at radius 1 is 1.17 bits per heavy atom. The van der Waals surface area contributed by atoms with Gasteiger partial charge in [0.05, 0.1) is 0 Å². The van der Waals surface area contributed by atoms with E-state index < -0.39 is 0 Å². The Morgan fingerprint density at radius 2 is 1.58 bits per heavy atom. The Hall–Kier alpha value is -0.860. The van der Waals surface area contributed by atoms with Crippen LogP contribution in [0.4, 0.5) is 0 Å². The molecule has 66 valence electrons. The second kappa shape index (κ2) is 2.09. The second-order valence-electron chi connectivity index (χ2n) is 4.36. The molecule has 1 N–H and O–H groups in total. The highest BCUT2D eigenvalue weighted by molar-refractivity contribution is 6.01. The van der Waals surface area contributed by atoms with Crippen LogP contribution in [0.15, 0.2) is 0 Å². The maximum atomic E-state index is 11.3. The van der Waals surface area contributed by atoms with E-state index in [4.69, 9.17) is 0 Å². The summed E-state index contributed by atoms with van der Waals surface area (Å²) in [5.74, 6) is -0.0297. The van der Waals surface area contributed by atoms with E-state index >= 15 is 0 Å². The predicted molar refractivity (Wildman–Crippen MR) is 43.1 cm³/mol. The van der Waals surface area contributed by atoms with Gasteiger partial charge in [-0.1, -0.05) is 13.8 Å². The molecule has 1 saturated carbocycles. The quantitative estimate of drug-likeness (QED) is 0.540. The molecule has 0 radical (unpaired) electrons. The van der Waals surface area contributed by atoms with E-state index in [2.05, 4.69) is 5.32 Å². The summed E-state index contributed by atoms with van der Waals surface area (Å²) in [6.07, 6.45) is 1.74. The van der Waals surface area contributed by atoms with Crippen molar-refractivity contribution in [2.45, 2.75) is 26.7 Å². The Morgan fingerprint density at radius 3 is 2.00 bits per heavy atom. The number of fused-ring (bicyclic) bond motifs is 2. The van der Waals surface area contributed by atoms with Gasteiger partial charge in [-0.3, -0.25) is 14.9 Å². The fraction of sp³-hybridized carbons (Fsp3) is 0.778. The van der Waals surface area contributed by atoms with E-state index in [0.717, 1.165) is 12.8 Å². The molecule has 2 amide bonds. The van der Waals surface area contributed by atoms with Crippen LogP contribution in [0.1, 0.15) is 26.7 Å². The number of carbonyl (C=O) groups is 2. The number of rotatable bonds is 0.